The van der Waals surface area contributed by atoms with E-state index in [2.05, 4.69) is 10.1 Å². The van der Waals surface area contributed by atoms with Crippen LogP contribution in [-0.4, -0.2) is 31.6 Å². The van der Waals surface area contributed by atoms with Gasteiger partial charge in [-0.05, 0) is 36.4 Å². The van der Waals surface area contributed by atoms with E-state index in [1.54, 1.807) is 18.2 Å². The van der Waals surface area contributed by atoms with E-state index in [0.717, 1.165) is 0 Å². The monoisotopic (exact) mass is 362 g/mol. The van der Waals surface area contributed by atoms with Crippen molar-refractivity contribution in [1.29, 1.82) is 0 Å². The summed E-state index contributed by atoms with van der Waals surface area (Å²) < 4.78 is 9.52. The Bertz CT molecular complexity index is 822. The van der Waals surface area contributed by atoms with Crippen LogP contribution in [0.3, 0.4) is 0 Å². The number of anilines is 2. The molecule has 0 fully saturated rings. The molecular weight excluding hydrogens is 348 g/mol. The third kappa shape index (κ3) is 4.95. The maximum Gasteiger partial charge on any atom is 0.340 e. The summed E-state index contributed by atoms with van der Waals surface area (Å²) in [5.41, 5.74) is 6.59. The number of rotatable bonds is 5. The number of amides is 1. The average Bonchev–Trinajstić information content (AvgIpc) is 2.61. The number of methoxy groups -OCH3 is 1. The Labute approximate surface area is 148 Å². The van der Waals surface area contributed by atoms with E-state index >= 15 is 0 Å². The molecule has 2 rings (SSSR count). The lowest BCUT2D eigenvalue weighted by atomic mass is 10.2. The van der Waals surface area contributed by atoms with Crippen LogP contribution in [0.4, 0.5) is 11.4 Å². The Morgan fingerprint density at radius 1 is 1.12 bits per heavy atom. The van der Waals surface area contributed by atoms with Crippen molar-refractivity contribution in [2.24, 2.45) is 0 Å². The first-order valence-corrected chi connectivity index (χ1v) is 7.49. The summed E-state index contributed by atoms with van der Waals surface area (Å²) in [5, 5.41) is 2.84. The minimum atomic E-state index is -0.765. The van der Waals surface area contributed by atoms with Crippen molar-refractivity contribution in [3.05, 3.63) is 58.6 Å². The predicted molar refractivity (Wildman–Crippen MR) is 92.6 cm³/mol. The van der Waals surface area contributed by atoms with Gasteiger partial charge >= 0.3 is 11.9 Å². The van der Waals surface area contributed by atoms with Crippen LogP contribution < -0.4 is 11.1 Å². The number of hydrogen-bond acceptors (Lipinski definition) is 6. The number of halogens is 1. The van der Waals surface area contributed by atoms with E-state index in [4.69, 9.17) is 22.1 Å². The molecule has 130 valence electrons. The number of nitrogens with two attached hydrogens (primary N) is 1. The fraction of sp³-hybridized carbons (Fsp3) is 0.118. The minimum absolute atomic E-state index is 0.0768. The van der Waals surface area contributed by atoms with Gasteiger partial charge in [-0.25, -0.2) is 9.59 Å². The Hall–Kier alpha value is -3.06. The molecule has 0 saturated carbocycles. The average molecular weight is 363 g/mol. The quantitative estimate of drug-likeness (QED) is 0.625. The molecule has 3 N–H and O–H groups in total. The van der Waals surface area contributed by atoms with E-state index in [0.29, 0.717) is 10.7 Å². The van der Waals surface area contributed by atoms with Gasteiger partial charge < -0.3 is 20.5 Å². The van der Waals surface area contributed by atoms with Gasteiger partial charge in [-0.15, -0.1) is 0 Å². The minimum Gasteiger partial charge on any atom is -0.465 e. The van der Waals surface area contributed by atoms with Gasteiger partial charge in [0.2, 0.25) is 0 Å². The maximum atomic E-state index is 12.0. The Morgan fingerprint density at radius 2 is 1.88 bits per heavy atom. The first-order valence-electron chi connectivity index (χ1n) is 7.11. The molecule has 0 aromatic heterocycles. The molecule has 0 heterocycles. The summed E-state index contributed by atoms with van der Waals surface area (Å²) in [6, 6.07) is 10.5. The van der Waals surface area contributed by atoms with Crippen LogP contribution >= 0.6 is 11.6 Å². The van der Waals surface area contributed by atoms with Gasteiger partial charge in [-0.3, -0.25) is 4.79 Å². The number of benzene rings is 2. The zero-order valence-corrected chi connectivity index (χ0v) is 14.0. The number of esters is 2. The SMILES string of the molecule is COC(=O)c1cccc(NC(=O)COC(=O)c2cc(Cl)ccc2N)c1. The van der Waals surface area contributed by atoms with Crippen molar-refractivity contribution < 1.29 is 23.9 Å². The normalized spacial score (nSPS) is 10.0. The van der Waals surface area contributed by atoms with Gasteiger partial charge in [0.25, 0.3) is 5.91 Å². The number of ether oxygens (including phenoxy) is 2. The molecule has 1 amide bonds. The second-order valence-electron chi connectivity index (χ2n) is 4.93. The molecule has 0 aliphatic rings. The number of nitrogens with one attached hydrogen (secondary N) is 1. The van der Waals surface area contributed by atoms with Crippen molar-refractivity contribution in [3.63, 3.8) is 0 Å². The fourth-order valence-electron chi connectivity index (χ4n) is 1.95. The lowest BCUT2D eigenvalue weighted by Gasteiger charge is -2.09. The summed E-state index contributed by atoms with van der Waals surface area (Å²) >= 11 is 5.80. The molecule has 0 bridgehead atoms. The highest BCUT2D eigenvalue weighted by atomic mass is 35.5. The third-order valence-corrected chi connectivity index (χ3v) is 3.37. The van der Waals surface area contributed by atoms with Crippen LogP contribution in [0.1, 0.15) is 20.7 Å². The lowest BCUT2D eigenvalue weighted by molar-refractivity contribution is -0.119. The van der Waals surface area contributed by atoms with Gasteiger partial charge in [0.05, 0.1) is 18.2 Å². The highest BCUT2D eigenvalue weighted by Crippen LogP contribution is 2.19. The van der Waals surface area contributed by atoms with Crippen LogP contribution in [0.15, 0.2) is 42.5 Å². The van der Waals surface area contributed by atoms with Gasteiger partial charge in [-0.2, -0.15) is 0 Å². The van der Waals surface area contributed by atoms with Crippen LogP contribution in [0.2, 0.25) is 5.02 Å². The topological polar surface area (TPSA) is 108 Å². The van der Waals surface area contributed by atoms with E-state index in [1.165, 1.54) is 31.4 Å². The largest absolute Gasteiger partial charge is 0.465 e. The third-order valence-electron chi connectivity index (χ3n) is 3.14. The molecule has 25 heavy (non-hydrogen) atoms. The maximum absolute atomic E-state index is 12.0. The highest BCUT2D eigenvalue weighted by Gasteiger charge is 2.14. The van der Waals surface area contributed by atoms with Crippen LogP contribution in [0.25, 0.3) is 0 Å². The van der Waals surface area contributed by atoms with E-state index < -0.39 is 24.5 Å². The summed E-state index contributed by atoms with van der Waals surface area (Å²) in [4.78, 5) is 35.3. The number of carbonyl (C=O) groups excluding carboxylic acids is 3. The first kappa shape index (κ1) is 18.3. The zero-order chi connectivity index (χ0) is 18.4. The van der Waals surface area contributed by atoms with E-state index in [1.807, 2.05) is 0 Å². The van der Waals surface area contributed by atoms with Crippen molar-refractivity contribution in [1.82, 2.24) is 0 Å². The molecule has 0 atom stereocenters. The summed E-state index contributed by atoms with van der Waals surface area (Å²) in [5.74, 6) is -1.87. The summed E-state index contributed by atoms with van der Waals surface area (Å²) in [7, 11) is 1.26. The molecule has 8 heteroatoms. The number of hydrogen-bond donors (Lipinski definition) is 2. The smallest absolute Gasteiger partial charge is 0.340 e. The first-order chi connectivity index (χ1) is 11.9. The molecule has 0 spiro atoms. The van der Waals surface area contributed by atoms with Crippen molar-refractivity contribution >= 4 is 40.8 Å². The Morgan fingerprint density at radius 3 is 2.60 bits per heavy atom. The Balaban J connectivity index is 1.96. The number of carbonyl (C=O) groups is 3. The van der Waals surface area contributed by atoms with Crippen LogP contribution in [-0.2, 0) is 14.3 Å². The van der Waals surface area contributed by atoms with Crippen molar-refractivity contribution in [3.8, 4) is 0 Å². The predicted octanol–water partition coefficient (Wildman–Crippen LogP) is 2.50. The standard InChI is InChI=1S/C17H15ClN2O5/c1-24-16(22)10-3-2-4-12(7-10)20-15(21)9-25-17(23)13-8-11(18)5-6-14(13)19/h2-8H,9,19H2,1H3,(H,20,21). The van der Waals surface area contributed by atoms with Crippen LogP contribution in [0.5, 0.6) is 0 Å². The van der Waals surface area contributed by atoms with E-state index in [9.17, 15) is 14.4 Å². The summed E-state index contributed by atoms with van der Waals surface area (Å²) in [6.07, 6.45) is 0. The zero-order valence-electron chi connectivity index (χ0n) is 13.2. The van der Waals surface area contributed by atoms with Gasteiger partial charge in [0, 0.05) is 16.4 Å². The molecule has 7 nitrogen and oxygen atoms in total. The molecule has 0 saturated heterocycles. The molecule has 0 aliphatic carbocycles. The fourth-order valence-corrected chi connectivity index (χ4v) is 2.13. The van der Waals surface area contributed by atoms with Crippen molar-refractivity contribution in [2.45, 2.75) is 0 Å². The van der Waals surface area contributed by atoms with E-state index in [-0.39, 0.29) is 16.8 Å². The highest BCUT2D eigenvalue weighted by molar-refractivity contribution is 6.31. The molecule has 0 aliphatic heterocycles. The molecule has 2 aromatic carbocycles. The van der Waals surface area contributed by atoms with Gasteiger partial charge in [0.15, 0.2) is 6.61 Å². The molecule has 2 aromatic rings. The number of nitrogen functional groups attached to an aromatic ring is 1. The second kappa shape index (κ2) is 8.16. The second-order valence-corrected chi connectivity index (χ2v) is 5.36. The van der Waals surface area contributed by atoms with Gasteiger partial charge in [0.1, 0.15) is 0 Å². The van der Waals surface area contributed by atoms with Crippen molar-refractivity contribution in [2.75, 3.05) is 24.8 Å². The lowest BCUT2D eigenvalue weighted by Crippen LogP contribution is -2.21. The molecular formula is C17H15ClN2O5. The van der Waals surface area contributed by atoms with Gasteiger partial charge in [-0.1, -0.05) is 17.7 Å². The molecule has 0 radical (unpaired) electrons. The Kier molecular flexibility index (Phi) is 5.97. The molecule has 0 unspecified atom stereocenters. The summed E-state index contributed by atoms with van der Waals surface area (Å²) in [6.45, 7) is -0.521. The van der Waals surface area contributed by atoms with Crippen LogP contribution in [0, 0.1) is 0 Å².